The van der Waals surface area contributed by atoms with Gasteiger partial charge in [0.2, 0.25) is 5.60 Å². The summed E-state index contributed by atoms with van der Waals surface area (Å²) in [4.78, 5) is 15.7. The number of aromatic nitrogens is 4. The Hall–Kier alpha value is -2.36. The summed E-state index contributed by atoms with van der Waals surface area (Å²) in [6, 6.07) is 1.49. The van der Waals surface area contributed by atoms with E-state index >= 15 is 0 Å². The molecule has 2 saturated carbocycles. The second kappa shape index (κ2) is 5.66. The minimum absolute atomic E-state index is 0.295. The first-order valence-electron chi connectivity index (χ1n) is 10.1. The Morgan fingerprint density at radius 2 is 1.90 bits per heavy atom. The van der Waals surface area contributed by atoms with Crippen molar-refractivity contribution < 1.29 is 28.2 Å². The topological polar surface area (TPSA) is 93.2 Å². The fraction of sp³-hybridized carbons (Fsp3) is 0.650. The molecule has 2 atom stereocenters. The van der Waals surface area contributed by atoms with Gasteiger partial charge in [0.1, 0.15) is 0 Å². The molecule has 2 fully saturated rings. The van der Waals surface area contributed by atoms with Crippen LogP contribution in [0.15, 0.2) is 12.3 Å². The summed E-state index contributed by atoms with van der Waals surface area (Å²) in [7, 11) is 0. The monoisotopic (exact) mass is 424 g/mol. The summed E-state index contributed by atoms with van der Waals surface area (Å²) in [6.07, 6.45) is -0.212. The number of alkyl halides is 3. The van der Waals surface area contributed by atoms with Gasteiger partial charge in [0.15, 0.2) is 5.82 Å². The fourth-order valence-corrected chi connectivity index (χ4v) is 5.68. The molecule has 0 aromatic carbocycles. The molecule has 10 heteroatoms. The first-order chi connectivity index (χ1) is 13.9. The van der Waals surface area contributed by atoms with Gasteiger partial charge in [-0.25, -0.2) is 4.98 Å². The Morgan fingerprint density at radius 3 is 2.47 bits per heavy atom. The number of nitrogens with zero attached hydrogens (tertiary/aromatic N) is 4. The Balaban J connectivity index is 1.58. The third-order valence-corrected chi connectivity index (χ3v) is 7.54. The largest absolute Gasteiger partial charge is 0.481 e. The van der Waals surface area contributed by atoms with E-state index in [1.807, 2.05) is 6.07 Å². The van der Waals surface area contributed by atoms with Crippen molar-refractivity contribution >= 4 is 5.97 Å². The van der Waals surface area contributed by atoms with E-state index in [0.717, 1.165) is 18.5 Å². The van der Waals surface area contributed by atoms with Crippen LogP contribution in [0.5, 0.6) is 0 Å². The zero-order valence-corrected chi connectivity index (χ0v) is 16.7. The van der Waals surface area contributed by atoms with Crippen LogP contribution in [-0.2, 0) is 22.4 Å². The summed E-state index contributed by atoms with van der Waals surface area (Å²) in [5.74, 6) is -1.19. The molecule has 2 bridgehead atoms. The van der Waals surface area contributed by atoms with Crippen molar-refractivity contribution in [3.05, 3.63) is 23.8 Å². The highest BCUT2D eigenvalue weighted by Gasteiger charge is 2.60. The van der Waals surface area contributed by atoms with Crippen LogP contribution in [0.4, 0.5) is 13.2 Å². The SMILES string of the molecule is C[C@H]1Cn2nc(C34CCC(C(=O)O)(CC3)C4)cc2-c2cnc([C@@](C)(O)C(F)(F)F)n21. The summed E-state index contributed by atoms with van der Waals surface area (Å²) in [6.45, 7) is 2.83. The van der Waals surface area contributed by atoms with Crippen LogP contribution < -0.4 is 0 Å². The van der Waals surface area contributed by atoms with Crippen LogP contribution in [-0.4, -0.2) is 41.7 Å². The number of aliphatic carboxylic acids is 1. The van der Waals surface area contributed by atoms with Crippen LogP contribution in [0.1, 0.15) is 63.5 Å². The third-order valence-electron chi connectivity index (χ3n) is 7.54. The second-order valence-corrected chi connectivity index (χ2v) is 9.40. The predicted octanol–water partition coefficient (Wildman–Crippen LogP) is 3.38. The smallest absolute Gasteiger partial charge is 0.424 e. The average Bonchev–Trinajstić information content (AvgIpc) is 3.41. The molecule has 0 saturated heterocycles. The number of carbonyl (C=O) groups is 1. The van der Waals surface area contributed by atoms with E-state index in [1.165, 1.54) is 10.8 Å². The molecule has 0 amide bonds. The van der Waals surface area contributed by atoms with Crippen LogP contribution >= 0.6 is 0 Å². The van der Waals surface area contributed by atoms with Gasteiger partial charge in [-0.1, -0.05) is 0 Å². The quantitative estimate of drug-likeness (QED) is 0.788. The van der Waals surface area contributed by atoms with Gasteiger partial charge >= 0.3 is 12.1 Å². The van der Waals surface area contributed by atoms with Gasteiger partial charge in [-0.15, -0.1) is 0 Å². The lowest BCUT2D eigenvalue weighted by atomic mass is 9.80. The number of halogens is 3. The standard InChI is InChI=1S/C20H23F3N4O3/c1-11-9-26-12(13-8-24-15(27(11)13)17(2,30)20(21,22)23)7-14(25-26)18-3-5-19(10-18,6-4-18)16(28)29/h7-8,11,30H,3-6,9-10H2,1-2H3,(H,28,29)/t11-,17+,18?,19?/m0/s1. The molecule has 5 rings (SSSR count). The van der Waals surface area contributed by atoms with Crippen molar-refractivity contribution in [3.63, 3.8) is 0 Å². The van der Waals surface area contributed by atoms with E-state index < -0.39 is 29.0 Å². The van der Waals surface area contributed by atoms with E-state index in [-0.39, 0.29) is 11.5 Å². The highest BCUT2D eigenvalue weighted by molar-refractivity contribution is 5.76. The van der Waals surface area contributed by atoms with Gasteiger partial charge in [0.25, 0.3) is 0 Å². The van der Waals surface area contributed by atoms with E-state index in [2.05, 4.69) is 4.98 Å². The lowest BCUT2D eigenvalue weighted by Gasteiger charge is -2.31. The number of imidazole rings is 1. The van der Waals surface area contributed by atoms with E-state index in [1.54, 1.807) is 11.6 Å². The second-order valence-electron chi connectivity index (χ2n) is 9.40. The Kier molecular flexibility index (Phi) is 3.69. The first kappa shape index (κ1) is 19.6. The van der Waals surface area contributed by atoms with Crippen LogP contribution in [0.2, 0.25) is 0 Å². The normalized spacial score (nSPS) is 32.0. The maximum absolute atomic E-state index is 13.4. The average molecular weight is 424 g/mol. The molecule has 0 radical (unpaired) electrons. The van der Waals surface area contributed by atoms with Crippen LogP contribution in [0.25, 0.3) is 11.4 Å². The third kappa shape index (κ3) is 2.34. The number of fused-ring (bicyclic) bond motifs is 5. The molecule has 0 unspecified atom stereocenters. The van der Waals surface area contributed by atoms with Gasteiger partial charge in [-0.3, -0.25) is 9.48 Å². The van der Waals surface area contributed by atoms with Crippen molar-refractivity contribution in [1.82, 2.24) is 19.3 Å². The van der Waals surface area contributed by atoms with Crippen molar-refractivity contribution in [2.75, 3.05) is 0 Å². The molecule has 2 aromatic heterocycles. The molecule has 0 spiro atoms. The zero-order chi connectivity index (χ0) is 21.7. The lowest BCUT2D eigenvalue weighted by Crippen LogP contribution is -2.42. The lowest BCUT2D eigenvalue weighted by molar-refractivity contribution is -0.262. The molecule has 3 aliphatic rings. The number of rotatable bonds is 3. The van der Waals surface area contributed by atoms with E-state index in [0.29, 0.717) is 44.1 Å². The van der Waals surface area contributed by atoms with Gasteiger partial charge in [0, 0.05) is 5.41 Å². The Morgan fingerprint density at radius 1 is 1.23 bits per heavy atom. The van der Waals surface area contributed by atoms with Crippen LogP contribution in [0.3, 0.4) is 0 Å². The molecule has 3 heterocycles. The number of aliphatic hydroxyl groups is 1. The van der Waals surface area contributed by atoms with Crippen molar-refractivity contribution in [3.8, 4) is 11.4 Å². The van der Waals surface area contributed by atoms with Gasteiger partial charge in [0.05, 0.1) is 41.3 Å². The van der Waals surface area contributed by atoms with Gasteiger partial charge in [-0.2, -0.15) is 18.3 Å². The number of carboxylic acid groups (broad SMARTS) is 1. The maximum atomic E-state index is 13.4. The van der Waals surface area contributed by atoms with Crippen LogP contribution in [0, 0.1) is 5.41 Å². The van der Waals surface area contributed by atoms with Crippen molar-refractivity contribution in [1.29, 1.82) is 0 Å². The molecule has 2 N–H and O–H groups in total. The number of hydrogen-bond acceptors (Lipinski definition) is 4. The van der Waals surface area contributed by atoms with Crippen molar-refractivity contribution in [2.24, 2.45) is 5.41 Å². The van der Waals surface area contributed by atoms with E-state index in [4.69, 9.17) is 5.10 Å². The van der Waals surface area contributed by atoms with E-state index in [9.17, 15) is 28.2 Å². The molecular weight excluding hydrogens is 401 g/mol. The molecule has 2 aliphatic carbocycles. The predicted molar refractivity (Wildman–Crippen MR) is 98.6 cm³/mol. The summed E-state index contributed by atoms with van der Waals surface area (Å²) in [5, 5.41) is 24.6. The molecule has 1 aliphatic heterocycles. The number of hydrogen-bond donors (Lipinski definition) is 2. The maximum Gasteiger partial charge on any atom is 0.424 e. The Labute approximate surface area is 170 Å². The van der Waals surface area contributed by atoms with Gasteiger partial charge in [-0.05, 0) is 52.0 Å². The molecule has 2 aromatic rings. The zero-order valence-electron chi connectivity index (χ0n) is 16.7. The minimum Gasteiger partial charge on any atom is -0.481 e. The number of carboxylic acids is 1. The fourth-order valence-electron chi connectivity index (χ4n) is 5.68. The summed E-state index contributed by atoms with van der Waals surface area (Å²) < 4.78 is 43.5. The minimum atomic E-state index is -4.86. The highest BCUT2D eigenvalue weighted by atomic mass is 19.4. The van der Waals surface area contributed by atoms with Crippen molar-refractivity contribution in [2.45, 2.75) is 75.7 Å². The molecule has 162 valence electrons. The molecule has 30 heavy (non-hydrogen) atoms. The Bertz CT molecular complexity index is 1040. The first-order valence-corrected chi connectivity index (χ1v) is 10.1. The summed E-state index contributed by atoms with van der Waals surface area (Å²) >= 11 is 0. The highest BCUT2D eigenvalue weighted by Crippen LogP contribution is 2.62. The van der Waals surface area contributed by atoms with Gasteiger partial charge < -0.3 is 14.8 Å². The molecule has 7 nitrogen and oxygen atoms in total. The molecular formula is C20H23F3N4O3. The summed E-state index contributed by atoms with van der Waals surface area (Å²) in [5.41, 5.74) is -2.11.